The van der Waals surface area contributed by atoms with Crippen molar-refractivity contribution in [3.8, 4) is 6.07 Å². The minimum absolute atomic E-state index is 0. The Bertz CT molecular complexity index is 374. The van der Waals surface area contributed by atoms with Gasteiger partial charge in [0.1, 0.15) is 11.9 Å². The summed E-state index contributed by atoms with van der Waals surface area (Å²) in [6, 6.07) is 2.23. The van der Waals surface area contributed by atoms with E-state index in [0.29, 0.717) is 12.3 Å². The summed E-state index contributed by atoms with van der Waals surface area (Å²) < 4.78 is 36.3. The second-order valence-corrected chi connectivity index (χ2v) is 2.39. The molecule has 0 aliphatic rings. The molecule has 0 bridgehead atoms. The number of aromatic nitrogens is 1. The zero-order chi connectivity index (χ0) is 10.1. The predicted octanol–water partition coefficient (Wildman–Crippen LogP) is -2.41. The van der Waals surface area contributed by atoms with Gasteiger partial charge in [0.05, 0.1) is 5.56 Å². The molecule has 0 aliphatic heterocycles. The van der Waals surface area contributed by atoms with Gasteiger partial charge in [-0.1, -0.05) is 11.5 Å². The summed E-state index contributed by atoms with van der Waals surface area (Å²) in [6.45, 7) is -5.11. The molecule has 8 heteroatoms. The third kappa shape index (κ3) is 3.25. The number of halogens is 3. The summed E-state index contributed by atoms with van der Waals surface area (Å²) in [7, 11) is 0. The van der Waals surface area contributed by atoms with Crippen LogP contribution in [-0.4, -0.2) is 12.0 Å². The fourth-order valence-electron chi connectivity index (χ4n) is 0.760. The summed E-state index contributed by atoms with van der Waals surface area (Å²) in [4.78, 5) is 3.27. The van der Waals surface area contributed by atoms with Crippen LogP contribution in [0.4, 0.5) is 18.8 Å². The molecular weight excluding hydrogens is 221 g/mol. The van der Waals surface area contributed by atoms with Gasteiger partial charge >= 0.3 is 58.4 Å². The summed E-state index contributed by atoms with van der Waals surface area (Å²) in [6.07, 6.45) is 0.621. The molecule has 0 amide bonds. The van der Waals surface area contributed by atoms with E-state index in [0.717, 1.165) is 0 Å². The maximum atomic E-state index is 12.1. The molecule has 0 radical (unpaired) electrons. The van der Waals surface area contributed by atoms with Crippen LogP contribution in [0.25, 0.3) is 0 Å². The Morgan fingerprint density at radius 1 is 1.43 bits per heavy atom. The Morgan fingerprint density at radius 3 is 2.43 bits per heavy atom. The van der Waals surface area contributed by atoms with Crippen molar-refractivity contribution in [2.24, 2.45) is 0 Å². The van der Waals surface area contributed by atoms with Crippen molar-refractivity contribution < 1.29 is 64.3 Å². The molecular formula is C6H4BF3KN3. The van der Waals surface area contributed by atoms with Crippen LogP contribution in [-0.2, 0) is 0 Å². The smallest absolute Gasteiger partial charge is 0.445 e. The van der Waals surface area contributed by atoms with Crippen LogP contribution in [0.5, 0.6) is 0 Å². The van der Waals surface area contributed by atoms with Gasteiger partial charge in [0, 0.05) is 6.20 Å². The average Bonchev–Trinajstić information content (AvgIpc) is 2.03. The molecule has 14 heavy (non-hydrogen) atoms. The normalized spacial score (nSPS) is 10.1. The van der Waals surface area contributed by atoms with Crippen molar-refractivity contribution in [1.29, 1.82) is 5.26 Å². The van der Waals surface area contributed by atoms with Crippen LogP contribution in [0.1, 0.15) is 5.56 Å². The minimum Gasteiger partial charge on any atom is -0.445 e. The van der Waals surface area contributed by atoms with E-state index in [2.05, 4.69) is 4.98 Å². The summed E-state index contributed by atoms with van der Waals surface area (Å²) in [5.74, 6) is -0.189. The number of nitrogens with zero attached hydrogens (tertiary/aromatic N) is 2. The largest absolute Gasteiger partial charge is 1.00 e. The fourth-order valence-corrected chi connectivity index (χ4v) is 0.760. The topological polar surface area (TPSA) is 62.7 Å². The van der Waals surface area contributed by atoms with Gasteiger partial charge in [-0.2, -0.15) is 5.26 Å². The predicted molar refractivity (Wildman–Crippen MR) is 42.1 cm³/mol. The van der Waals surface area contributed by atoms with E-state index in [4.69, 9.17) is 11.0 Å². The Hall–Kier alpha value is -0.0687. The van der Waals surface area contributed by atoms with Crippen LogP contribution in [0.2, 0.25) is 0 Å². The molecule has 1 aromatic rings. The first-order valence-electron chi connectivity index (χ1n) is 3.30. The second-order valence-electron chi connectivity index (χ2n) is 2.39. The molecule has 1 aromatic heterocycles. The van der Waals surface area contributed by atoms with Crippen LogP contribution in [0.15, 0.2) is 12.3 Å². The van der Waals surface area contributed by atoms with Crippen molar-refractivity contribution in [2.75, 3.05) is 5.73 Å². The van der Waals surface area contributed by atoms with E-state index >= 15 is 0 Å². The molecule has 2 N–H and O–H groups in total. The maximum Gasteiger partial charge on any atom is 1.00 e. The van der Waals surface area contributed by atoms with E-state index in [1.54, 1.807) is 0 Å². The van der Waals surface area contributed by atoms with E-state index in [-0.39, 0.29) is 62.8 Å². The number of anilines is 1. The zero-order valence-electron chi connectivity index (χ0n) is 7.34. The zero-order valence-corrected chi connectivity index (χ0v) is 10.5. The summed E-state index contributed by atoms with van der Waals surface area (Å²) in [5, 5.41) is 8.38. The van der Waals surface area contributed by atoms with Gasteiger partial charge in [0.2, 0.25) is 0 Å². The number of hydrogen-bond acceptors (Lipinski definition) is 3. The Morgan fingerprint density at radius 2 is 2.00 bits per heavy atom. The standard InChI is InChI=1S/C6H4BF3N3.K/c8-7(9,10)5-1-4(2-11)6(12)13-3-5;/h1,3H,(H2,12,13);/q-1;+1. The summed E-state index contributed by atoms with van der Waals surface area (Å²) in [5.41, 5.74) is 3.98. The van der Waals surface area contributed by atoms with Crippen molar-refractivity contribution in [2.45, 2.75) is 0 Å². The van der Waals surface area contributed by atoms with E-state index in [1.807, 2.05) is 0 Å². The SMILES string of the molecule is N#Cc1cc([B-](F)(F)F)cnc1N.[K+]. The number of nitriles is 1. The number of pyridine rings is 1. The number of hydrogen-bond donors (Lipinski definition) is 1. The van der Waals surface area contributed by atoms with Crippen LogP contribution < -0.4 is 62.6 Å². The molecule has 0 fully saturated rings. The van der Waals surface area contributed by atoms with Gasteiger partial charge in [-0.25, -0.2) is 4.98 Å². The first kappa shape index (κ1) is 13.9. The fraction of sp³-hybridized carbons (Fsp3) is 0. The number of nitrogens with two attached hydrogens (primary N) is 1. The van der Waals surface area contributed by atoms with Crippen molar-refractivity contribution in [3.05, 3.63) is 17.8 Å². The molecule has 68 valence electrons. The molecule has 0 unspecified atom stereocenters. The van der Waals surface area contributed by atoms with Crippen molar-refractivity contribution >= 4 is 18.3 Å². The van der Waals surface area contributed by atoms with Crippen molar-refractivity contribution in [3.63, 3.8) is 0 Å². The van der Waals surface area contributed by atoms with E-state index in [9.17, 15) is 12.9 Å². The monoisotopic (exact) mass is 225 g/mol. The van der Waals surface area contributed by atoms with Crippen LogP contribution >= 0.6 is 0 Å². The molecule has 3 nitrogen and oxygen atoms in total. The molecule has 1 heterocycles. The van der Waals surface area contributed by atoms with Gasteiger partial charge in [-0.3, -0.25) is 0 Å². The number of nitrogen functional groups attached to an aromatic ring is 1. The minimum atomic E-state index is -5.11. The molecule has 0 aliphatic carbocycles. The molecule has 0 atom stereocenters. The van der Waals surface area contributed by atoms with Gasteiger partial charge < -0.3 is 18.7 Å². The van der Waals surface area contributed by atoms with Gasteiger partial charge in [0.15, 0.2) is 0 Å². The van der Waals surface area contributed by atoms with Gasteiger partial charge in [-0.05, 0) is 0 Å². The quantitative estimate of drug-likeness (QED) is 0.541. The third-order valence-corrected chi connectivity index (χ3v) is 1.44. The first-order valence-corrected chi connectivity index (χ1v) is 3.30. The van der Waals surface area contributed by atoms with Crippen molar-refractivity contribution in [1.82, 2.24) is 4.98 Å². The average molecular weight is 225 g/mol. The Labute approximate surface area is 121 Å². The molecule has 0 saturated carbocycles. The molecule has 0 spiro atoms. The molecule has 0 saturated heterocycles. The van der Waals surface area contributed by atoms with E-state index < -0.39 is 12.4 Å². The Kier molecular flexibility index (Phi) is 5.11. The van der Waals surface area contributed by atoms with Gasteiger partial charge in [-0.15, -0.1) is 0 Å². The Balaban J connectivity index is 0.00000169. The second kappa shape index (κ2) is 5.14. The number of rotatable bonds is 1. The van der Waals surface area contributed by atoms with Gasteiger partial charge in [0.25, 0.3) is 0 Å². The first-order chi connectivity index (χ1) is 5.95. The summed E-state index contributed by atoms with van der Waals surface area (Å²) >= 11 is 0. The van der Waals surface area contributed by atoms with Crippen LogP contribution in [0.3, 0.4) is 0 Å². The van der Waals surface area contributed by atoms with E-state index in [1.165, 1.54) is 6.07 Å². The molecule has 0 aromatic carbocycles. The third-order valence-electron chi connectivity index (χ3n) is 1.44. The maximum absolute atomic E-state index is 12.1. The molecule has 1 rings (SSSR count). The van der Waals surface area contributed by atoms with Crippen LogP contribution in [0, 0.1) is 11.3 Å².